The molecule has 2 atom stereocenters. The van der Waals surface area contributed by atoms with Crippen molar-refractivity contribution in [2.75, 3.05) is 13.2 Å². The van der Waals surface area contributed by atoms with Gasteiger partial charge in [-0.1, -0.05) is 179 Å². The van der Waals surface area contributed by atoms with E-state index in [4.69, 9.17) is 37.4 Å². The van der Waals surface area contributed by atoms with E-state index in [2.05, 4.69) is 91.4 Å². The number of aliphatic hydroxyl groups is 1. The molecule has 13 nitrogen and oxygen atoms in total. The van der Waals surface area contributed by atoms with Crippen molar-refractivity contribution in [1.82, 2.24) is 29.0 Å². The van der Waals surface area contributed by atoms with Gasteiger partial charge in [0, 0.05) is 27.8 Å². The molecule has 77 heavy (non-hydrogen) atoms. The number of carbonyl (C=O) groups excluding carboxylic acids is 1. The minimum atomic E-state index is -0.503. The van der Waals surface area contributed by atoms with Gasteiger partial charge in [0.1, 0.15) is 22.2 Å². The van der Waals surface area contributed by atoms with Gasteiger partial charge in [-0.3, -0.25) is 4.99 Å². The number of esters is 1. The minimum absolute atomic E-state index is 0.168. The number of benzene rings is 6. The van der Waals surface area contributed by atoms with E-state index in [9.17, 15) is 9.90 Å². The first-order chi connectivity index (χ1) is 37.3. The van der Waals surface area contributed by atoms with Crippen LogP contribution in [0.2, 0.25) is 0 Å². The summed E-state index contributed by atoms with van der Waals surface area (Å²) in [7, 11) is 0. The SMILES string of the molecule is CCOC(=O)c1nc(-c2ccc(C)cc2)c2nonc2c1-c1ccc(C)cc1.Cc1ccc(-c2nc(CCl)c(-c3ccc(C)cc3)c3nsnc23)cc1.Cc1ccc(C2=NC(CO)=C(c3ccc(C)cc3)C(N)C2N)cc1. The molecule has 15 heteroatoms. The highest BCUT2D eigenvalue weighted by Crippen LogP contribution is 2.38. The summed E-state index contributed by atoms with van der Waals surface area (Å²) in [5.74, 6) is -0.174. The van der Waals surface area contributed by atoms with E-state index in [0.29, 0.717) is 33.9 Å². The molecular formula is C62H58ClN9O4S. The van der Waals surface area contributed by atoms with E-state index in [1.54, 1.807) is 6.92 Å². The van der Waals surface area contributed by atoms with Crippen molar-refractivity contribution in [2.24, 2.45) is 16.5 Å². The molecule has 2 unspecified atom stereocenters. The molecule has 0 spiro atoms. The lowest BCUT2D eigenvalue weighted by Gasteiger charge is -2.30. The Morgan fingerprint density at radius 1 is 0.558 bits per heavy atom. The van der Waals surface area contributed by atoms with Crippen molar-refractivity contribution in [3.8, 4) is 44.8 Å². The fourth-order valence-electron chi connectivity index (χ4n) is 9.03. The zero-order valence-electron chi connectivity index (χ0n) is 43.9. The van der Waals surface area contributed by atoms with Gasteiger partial charge in [-0.25, -0.2) is 19.4 Å². The van der Waals surface area contributed by atoms with Gasteiger partial charge in [-0.05, 0) is 81.0 Å². The topological polar surface area (TPSA) is 201 Å². The number of aliphatic imine (C=N–C) groups is 1. The predicted molar refractivity (Wildman–Crippen MR) is 310 cm³/mol. The Balaban J connectivity index is 0.000000141. The normalized spacial score (nSPS) is 14.1. The highest BCUT2D eigenvalue weighted by atomic mass is 35.5. The second kappa shape index (κ2) is 23.8. The highest BCUT2D eigenvalue weighted by molar-refractivity contribution is 7.00. The van der Waals surface area contributed by atoms with Crippen LogP contribution in [-0.2, 0) is 10.6 Å². The minimum Gasteiger partial charge on any atom is -0.461 e. The van der Waals surface area contributed by atoms with Crippen LogP contribution in [0.4, 0.5) is 0 Å². The van der Waals surface area contributed by atoms with Crippen LogP contribution in [0.3, 0.4) is 0 Å². The third kappa shape index (κ3) is 11.7. The van der Waals surface area contributed by atoms with Crippen LogP contribution in [0, 0.1) is 41.5 Å². The quantitative estimate of drug-likeness (QED) is 0.0865. The Kier molecular flexibility index (Phi) is 16.6. The van der Waals surface area contributed by atoms with Gasteiger partial charge in [-0.15, -0.1) is 11.6 Å². The zero-order valence-corrected chi connectivity index (χ0v) is 45.4. The Labute approximate surface area is 456 Å². The summed E-state index contributed by atoms with van der Waals surface area (Å²) in [5, 5.41) is 18.0. The van der Waals surface area contributed by atoms with E-state index in [-0.39, 0.29) is 18.9 Å². The summed E-state index contributed by atoms with van der Waals surface area (Å²) in [6.07, 6.45) is 0. The van der Waals surface area contributed by atoms with Gasteiger partial charge in [0.15, 0.2) is 11.2 Å². The zero-order chi connectivity index (χ0) is 54.3. The van der Waals surface area contributed by atoms with E-state index >= 15 is 0 Å². The number of aryl methyl sites for hydroxylation is 6. The molecule has 1 aliphatic heterocycles. The molecule has 1 aliphatic rings. The number of hydrogen-bond donors (Lipinski definition) is 3. The number of nitrogens with two attached hydrogens (primary N) is 2. The maximum absolute atomic E-state index is 12.7. The summed E-state index contributed by atoms with van der Waals surface area (Å²) >= 11 is 7.47. The molecule has 10 aromatic rings. The summed E-state index contributed by atoms with van der Waals surface area (Å²) < 4.78 is 19.4. The van der Waals surface area contributed by atoms with Crippen LogP contribution < -0.4 is 11.5 Å². The predicted octanol–water partition coefficient (Wildman–Crippen LogP) is 12.7. The van der Waals surface area contributed by atoms with Crippen LogP contribution in [0.1, 0.15) is 67.6 Å². The highest BCUT2D eigenvalue weighted by Gasteiger charge is 2.32. The van der Waals surface area contributed by atoms with E-state index in [1.165, 1.54) is 34.0 Å². The monoisotopic (exact) mass is 1060 g/mol. The van der Waals surface area contributed by atoms with Crippen molar-refractivity contribution < 1.29 is 19.3 Å². The number of aliphatic hydroxyl groups excluding tert-OH is 1. The van der Waals surface area contributed by atoms with Crippen molar-refractivity contribution in [3.63, 3.8) is 0 Å². The Hall–Kier alpha value is -8.11. The lowest BCUT2D eigenvalue weighted by molar-refractivity contribution is 0.0520. The van der Waals surface area contributed by atoms with E-state index < -0.39 is 18.1 Å². The van der Waals surface area contributed by atoms with Crippen LogP contribution in [0.15, 0.2) is 161 Å². The fraction of sp³-hybridized carbons (Fsp3) is 0.194. The molecule has 0 fully saturated rings. The molecule has 0 amide bonds. The number of hydrogen-bond acceptors (Lipinski definition) is 14. The van der Waals surface area contributed by atoms with E-state index in [0.717, 1.165) is 83.8 Å². The molecule has 5 heterocycles. The summed E-state index contributed by atoms with van der Waals surface area (Å²) in [6, 6.07) is 47.5. The molecule has 5 N–H and O–H groups in total. The third-order valence-electron chi connectivity index (χ3n) is 13.3. The maximum atomic E-state index is 12.7. The van der Waals surface area contributed by atoms with Gasteiger partial charge in [0.05, 0.1) is 65.7 Å². The first kappa shape index (κ1) is 53.7. The van der Waals surface area contributed by atoms with Gasteiger partial charge >= 0.3 is 5.97 Å². The maximum Gasteiger partial charge on any atom is 0.357 e. The smallest absolute Gasteiger partial charge is 0.357 e. The largest absolute Gasteiger partial charge is 0.461 e. The molecular weight excluding hydrogens is 1000 g/mol. The number of ether oxygens (including phenoxy) is 1. The Bertz CT molecular complexity index is 3760. The fourth-order valence-corrected chi connectivity index (χ4v) is 9.78. The average Bonchev–Trinajstić information content (AvgIpc) is 4.24. The lowest BCUT2D eigenvalue weighted by atomic mass is 9.85. The van der Waals surface area contributed by atoms with Crippen LogP contribution >= 0.6 is 23.3 Å². The van der Waals surface area contributed by atoms with Gasteiger partial charge in [-0.2, -0.15) is 8.75 Å². The molecule has 0 radical (unpaired) electrons. The molecule has 388 valence electrons. The molecule has 11 rings (SSSR count). The van der Waals surface area contributed by atoms with Crippen molar-refractivity contribution >= 4 is 62.7 Å². The second-order valence-corrected chi connectivity index (χ2v) is 19.8. The lowest BCUT2D eigenvalue weighted by Crippen LogP contribution is -2.50. The molecule has 4 aromatic heterocycles. The number of fused-ring (bicyclic) bond motifs is 2. The molecule has 0 saturated carbocycles. The van der Waals surface area contributed by atoms with Crippen molar-refractivity contribution in [2.45, 2.75) is 66.4 Å². The first-order valence-corrected chi connectivity index (χ1v) is 26.4. The molecule has 0 saturated heterocycles. The summed E-state index contributed by atoms with van der Waals surface area (Å²) in [4.78, 5) is 26.9. The third-order valence-corrected chi connectivity index (χ3v) is 14.1. The number of rotatable bonds is 10. The van der Waals surface area contributed by atoms with Crippen LogP contribution in [-0.4, -0.2) is 71.1 Å². The van der Waals surface area contributed by atoms with E-state index in [1.807, 2.05) is 125 Å². The first-order valence-electron chi connectivity index (χ1n) is 25.2. The number of alkyl halides is 1. The molecule has 0 aliphatic carbocycles. The molecule has 6 aromatic carbocycles. The van der Waals surface area contributed by atoms with Gasteiger partial charge in [0.25, 0.3) is 0 Å². The number of aromatic nitrogens is 6. The average molecular weight is 1060 g/mol. The second-order valence-electron chi connectivity index (χ2n) is 19.0. The Morgan fingerprint density at radius 3 is 1.47 bits per heavy atom. The van der Waals surface area contributed by atoms with Crippen molar-refractivity contribution in [1.29, 1.82) is 0 Å². The number of carbonyl (C=O) groups is 1. The molecule has 0 bridgehead atoms. The standard InChI is InChI=1S/C22H19N3O3.C20H16ClN3S.C20H23N3O/c1-4-27-22(26)20-17(15-9-5-13(2)6-10-15)19-21(25-28-24-19)18(23-20)16-11-7-14(3)8-12-16;1-12-3-7-14(8-4-12)17-16(11-21)22-18(20-19(17)23-25-24-20)15-9-5-13(2)6-10-15;1-12-3-7-14(8-4-12)17-16(11-24)23-20(19(22)18(17)21)15-9-5-13(2)6-10-15/h5-12H,4H2,1-3H3;3-10H,11H2,1-2H3;3-10,18-19,24H,11,21-22H2,1-2H3. The summed E-state index contributed by atoms with van der Waals surface area (Å²) in [5.41, 5.74) is 34.3. The Morgan fingerprint density at radius 2 is 0.987 bits per heavy atom. The van der Waals surface area contributed by atoms with Gasteiger partial charge < -0.3 is 21.3 Å². The number of pyridine rings is 2. The van der Waals surface area contributed by atoms with Crippen LogP contribution in [0.5, 0.6) is 0 Å². The summed E-state index contributed by atoms with van der Waals surface area (Å²) in [6.45, 7) is 14.1. The van der Waals surface area contributed by atoms with Crippen molar-refractivity contribution in [3.05, 3.63) is 207 Å². The number of nitrogens with zero attached hydrogens (tertiary/aromatic N) is 7. The number of halogens is 1. The van der Waals surface area contributed by atoms with Gasteiger partial charge in [0.2, 0.25) is 0 Å². The van der Waals surface area contributed by atoms with Crippen LogP contribution in [0.25, 0.3) is 72.4 Å².